The fourth-order valence-corrected chi connectivity index (χ4v) is 6.80. The van der Waals surface area contributed by atoms with Crippen LogP contribution in [0.15, 0.2) is 79.0 Å². The molecule has 0 aliphatic heterocycles. The maximum absolute atomic E-state index is 6.58. The van der Waals surface area contributed by atoms with Crippen LogP contribution in [0.25, 0.3) is 44.4 Å². The zero-order chi connectivity index (χ0) is 32.3. The predicted molar refractivity (Wildman–Crippen MR) is 188 cm³/mol. The number of para-hydroxylation sites is 1. The first-order valence-corrected chi connectivity index (χ1v) is 15.9. The van der Waals surface area contributed by atoms with Gasteiger partial charge in [0.05, 0.1) is 5.69 Å². The number of aryl methyl sites for hydroxylation is 5. The van der Waals surface area contributed by atoms with Crippen LogP contribution in [0.2, 0.25) is 0 Å². The molecule has 0 saturated heterocycles. The van der Waals surface area contributed by atoms with Crippen molar-refractivity contribution in [3.8, 4) is 34.1 Å². The van der Waals surface area contributed by atoms with Gasteiger partial charge in [0.15, 0.2) is 0 Å². The maximum atomic E-state index is 6.58. The standard InChI is InChI=1S/C41H38N4O.Pd/c1-24(2)31-20-32(45-30(8)41(29(7)43-45)40-27(5)17-26(4)18-28(40)6)22-34(21-31)46-33-13-14-36-35-11-9-10-12-37(35)44(38(36)23-33)39-19-25(3)15-16-42-39;/h9-21,24H,1-8H3;/q-2;+2. The molecule has 0 aliphatic rings. The van der Waals surface area contributed by atoms with E-state index in [1.807, 2.05) is 23.0 Å². The Balaban J connectivity index is 0.00000386. The molecule has 0 N–H and O–H groups in total. The van der Waals surface area contributed by atoms with Crippen LogP contribution in [0.5, 0.6) is 11.5 Å². The molecule has 0 fully saturated rings. The maximum Gasteiger partial charge on any atom is 2.00 e. The van der Waals surface area contributed by atoms with E-state index in [4.69, 9.17) is 14.8 Å². The second-order valence-corrected chi connectivity index (χ2v) is 12.8. The molecular weight excluding hydrogens is 671 g/mol. The monoisotopic (exact) mass is 708 g/mol. The SMILES string of the molecule is Cc1ccnc(-n2c3[c-]c(Oc4[c-]c(-n5nc(C)c(-c6c(C)cc(C)cc6C)c5C)cc(C(C)C)c4)ccc3c3ccccc32)c1.[Pd+2]. The van der Waals surface area contributed by atoms with E-state index < -0.39 is 0 Å². The van der Waals surface area contributed by atoms with Crippen LogP contribution < -0.4 is 4.74 Å². The van der Waals surface area contributed by atoms with E-state index in [1.54, 1.807) is 0 Å². The van der Waals surface area contributed by atoms with Crippen LogP contribution in [0.3, 0.4) is 0 Å². The third-order valence-electron chi connectivity index (χ3n) is 8.87. The first-order valence-electron chi connectivity index (χ1n) is 15.9. The van der Waals surface area contributed by atoms with E-state index >= 15 is 0 Å². The second-order valence-electron chi connectivity index (χ2n) is 12.8. The molecule has 0 radical (unpaired) electrons. The number of ether oxygens (including phenoxy) is 1. The zero-order valence-corrected chi connectivity index (χ0v) is 29.7. The molecule has 7 aromatic rings. The molecular formula is C41H38N4OPd. The topological polar surface area (TPSA) is 44.9 Å². The minimum atomic E-state index is 0. The number of nitrogens with zero attached hydrogens (tertiary/aromatic N) is 4. The van der Waals surface area contributed by atoms with Crippen molar-refractivity contribution >= 4 is 21.8 Å². The fourth-order valence-electron chi connectivity index (χ4n) is 6.80. The Kier molecular flexibility index (Phi) is 8.70. The number of hydrogen-bond donors (Lipinski definition) is 0. The zero-order valence-electron chi connectivity index (χ0n) is 28.1. The van der Waals surface area contributed by atoms with E-state index in [2.05, 4.69) is 133 Å². The molecule has 4 aromatic carbocycles. The normalized spacial score (nSPS) is 11.4. The van der Waals surface area contributed by atoms with Gasteiger partial charge in [-0.1, -0.05) is 55.3 Å². The van der Waals surface area contributed by atoms with E-state index in [9.17, 15) is 0 Å². The van der Waals surface area contributed by atoms with Gasteiger partial charge in [0.2, 0.25) is 0 Å². The van der Waals surface area contributed by atoms with Gasteiger partial charge < -0.3 is 9.30 Å². The van der Waals surface area contributed by atoms with Crippen molar-refractivity contribution in [1.82, 2.24) is 19.3 Å². The number of rotatable bonds is 6. The van der Waals surface area contributed by atoms with E-state index in [-0.39, 0.29) is 26.3 Å². The van der Waals surface area contributed by atoms with Gasteiger partial charge in [-0.05, 0) is 99.0 Å². The molecule has 0 atom stereocenters. The number of aromatic nitrogens is 4. The van der Waals surface area contributed by atoms with Crippen molar-refractivity contribution in [1.29, 1.82) is 0 Å². The summed E-state index contributed by atoms with van der Waals surface area (Å²) >= 11 is 0. The summed E-state index contributed by atoms with van der Waals surface area (Å²) in [5.41, 5.74) is 13.5. The van der Waals surface area contributed by atoms with Crippen molar-refractivity contribution in [2.75, 3.05) is 0 Å². The Morgan fingerprint density at radius 3 is 2.19 bits per heavy atom. The van der Waals surface area contributed by atoms with Crippen LogP contribution in [0.1, 0.15) is 59.0 Å². The summed E-state index contributed by atoms with van der Waals surface area (Å²) in [5, 5.41) is 7.29. The predicted octanol–water partition coefficient (Wildman–Crippen LogP) is 10.4. The Morgan fingerprint density at radius 2 is 1.47 bits per heavy atom. The first-order chi connectivity index (χ1) is 22.1. The number of pyridine rings is 1. The van der Waals surface area contributed by atoms with Gasteiger partial charge in [-0.25, -0.2) is 4.98 Å². The summed E-state index contributed by atoms with van der Waals surface area (Å²) in [6.07, 6.45) is 1.85. The molecule has 3 aromatic heterocycles. The Morgan fingerprint density at radius 1 is 0.723 bits per heavy atom. The Bertz CT molecular complexity index is 2270. The summed E-state index contributed by atoms with van der Waals surface area (Å²) in [6, 6.07) is 32.5. The van der Waals surface area contributed by atoms with E-state index in [0.717, 1.165) is 55.8 Å². The van der Waals surface area contributed by atoms with E-state index in [1.165, 1.54) is 27.8 Å². The average Bonchev–Trinajstić information content (AvgIpc) is 3.49. The van der Waals surface area contributed by atoms with Crippen LogP contribution in [-0.4, -0.2) is 19.3 Å². The van der Waals surface area contributed by atoms with E-state index in [0.29, 0.717) is 11.5 Å². The Labute approximate surface area is 290 Å². The van der Waals surface area contributed by atoms with Gasteiger partial charge >= 0.3 is 20.4 Å². The fraction of sp³-hybridized carbons (Fsp3) is 0.220. The third-order valence-corrected chi connectivity index (χ3v) is 8.87. The molecule has 47 heavy (non-hydrogen) atoms. The summed E-state index contributed by atoms with van der Waals surface area (Å²) in [5.74, 6) is 2.39. The molecule has 0 amide bonds. The van der Waals surface area contributed by atoms with Gasteiger partial charge in [0.25, 0.3) is 0 Å². The molecule has 0 aliphatic carbocycles. The quantitative estimate of drug-likeness (QED) is 0.128. The van der Waals surface area contributed by atoms with Gasteiger partial charge in [-0.15, -0.1) is 41.3 Å². The molecule has 3 heterocycles. The summed E-state index contributed by atoms with van der Waals surface area (Å²) in [7, 11) is 0. The van der Waals surface area contributed by atoms with Crippen LogP contribution in [0.4, 0.5) is 0 Å². The van der Waals surface area contributed by atoms with Crippen molar-refractivity contribution in [2.45, 2.75) is 61.3 Å². The molecule has 5 nitrogen and oxygen atoms in total. The van der Waals surface area contributed by atoms with Gasteiger partial charge in [-0.3, -0.25) is 4.68 Å². The summed E-state index contributed by atoms with van der Waals surface area (Å²) in [4.78, 5) is 4.71. The van der Waals surface area contributed by atoms with Crippen LogP contribution >= 0.6 is 0 Å². The number of fused-ring (bicyclic) bond motifs is 3. The van der Waals surface area contributed by atoms with Gasteiger partial charge in [0.1, 0.15) is 5.82 Å². The minimum absolute atomic E-state index is 0. The molecule has 238 valence electrons. The first kappa shape index (κ1) is 32.4. The molecule has 6 heteroatoms. The summed E-state index contributed by atoms with van der Waals surface area (Å²) < 4.78 is 10.8. The van der Waals surface area contributed by atoms with Crippen molar-refractivity contribution in [3.63, 3.8) is 0 Å². The minimum Gasteiger partial charge on any atom is -0.509 e. The Hall–Kier alpha value is -4.50. The molecule has 0 saturated carbocycles. The second kappa shape index (κ2) is 12.6. The van der Waals surface area contributed by atoms with Crippen LogP contribution in [-0.2, 0) is 20.4 Å². The number of hydrogen-bond acceptors (Lipinski definition) is 3. The van der Waals surface area contributed by atoms with Crippen molar-refractivity contribution in [2.24, 2.45) is 0 Å². The largest absolute Gasteiger partial charge is 2.00 e. The average molecular weight is 709 g/mol. The van der Waals surface area contributed by atoms with Crippen molar-refractivity contribution < 1.29 is 25.2 Å². The molecule has 0 spiro atoms. The smallest absolute Gasteiger partial charge is 0.509 e. The summed E-state index contributed by atoms with van der Waals surface area (Å²) in [6.45, 7) is 17.2. The van der Waals surface area contributed by atoms with Gasteiger partial charge in [-0.2, -0.15) is 11.2 Å². The molecule has 7 rings (SSSR count). The van der Waals surface area contributed by atoms with Crippen molar-refractivity contribution in [3.05, 3.63) is 130 Å². The molecule has 0 unspecified atom stereocenters. The van der Waals surface area contributed by atoms with Gasteiger partial charge in [0, 0.05) is 34.5 Å². The van der Waals surface area contributed by atoms with Crippen LogP contribution in [0, 0.1) is 53.7 Å². The third kappa shape index (κ3) is 5.82. The number of benzene rings is 4. The molecule has 0 bridgehead atoms.